The topological polar surface area (TPSA) is 42.4 Å². The molecule has 5 heteroatoms. The first-order valence-electron chi connectivity index (χ1n) is 8.20. The van der Waals surface area contributed by atoms with Gasteiger partial charge in [-0.1, -0.05) is 18.2 Å². The summed E-state index contributed by atoms with van der Waals surface area (Å²) in [6.45, 7) is 3.43. The fourth-order valence-electron chi connectivity index (χ4n) is 2.58. The maximum absolute atomic E-state index is 13.2. The van der Waals surface area contributed by atoms with Crippen LogP contribution in [0.25, 0.3) is 0 Å². The van der Waals surface area contributed by atoms with E-state index in [0.29, 0.717) is 31.0 Å². The van der Waals surface area contributed by atoms with E-state index in [4.69, 9.17) is 4.74 Å². The lowest BCUT2D eigenvalue weighted by Crippen LogP contribution is -2.30. The third-order valence-corrected chi connectivity index (χ3v) is 4.47. The molecule has 3 rings (SSSR count). The van der Waals surface area contributed by atoms with Crippen molar-refractivity contribution in [2.75, 3.05) is 6.61 Å². The van der Waals surface area contributed by atoms with Crippen molar-refractivity contribution in [2.45, 2.75) is 20.0 Å². The molecule has 0 saturated carbocycles. The number of carbonyl (C=O) groups is 1. The first-order chi connectivity index (χ1) is 12.3. The van der Waals surface area contributed by atoms with E-state index < -0.39 is 0 Å². The van der Waals surface area contributed by atoms with Gasteiger partial charge in [-0.05, 0) is 53.6 Å². The van der Waals surface area contributed by atoms with E-state index in [1.165, 1.54) is 0 Å². The molecule has 1 aromatic carbocycles. The van der Waals surface area contributed by atoms with Gasteiger partial charge >= 0.3 is 0 Å². The minimum atomic E-state index is -0.0547. The average Bonchev–Trinajstić information content (AvgIpc) is 3.15. The first kappa shape index (κ1) is 17.2. The third-order valence-electron chi connectivity index (χ3n) is 3.74. The minimum absolute atomic E-state index is 0.0547. The molecule has 1 amide bonds. The lowest BCUT2D eigenvalue weighted by atomic mass is 10.1. The van der Waals surface area contributed by atoms with Gasteiger partial charge < -0.3 is 9.64 Å². The Bertz CT molecular complexity index is 804. The maximum atomic E-state index is 13.2. The third kappa shape index (κ3) is 4.45. The van der Waals surface area contributed by atoms with Crippen molar-refractivity contribution in [3.63, 3.8) is 0 Å². The standard InChI is InChI=1S/C20H20N2O2S/c1-2-24-19-9-4-3-8-18(19)20(23)22(13-16-10-12-25-15-16)14-17-7-5-6-11-21-17/h3-12,15H,2,13-14H2,1H3. The summed E-state index contributed by atoms with van der Waals surface area (Å²) in [6, 6.07) is 15.2. The summed E-state index contributed by atoms with van der Waals surface area (Å²) in [5, 5.41) is 4.08. The number of rotatable bonds is 7. The lowest BCUT2D eigenvalue weighted by Gasteiger charge is -2.23. The molecular formula is C20H20N2O2S. The van der Waals surface area contributed by atoms with Crippen molar-refractivity contribution >= 4 is 17.2 Å². The van der Waals surface area contributed by atoms with Crippen LogP contribution in [0.2, 0.25) is 0 Å². The number of hydrogen-bond donors (Lipinski definition) is 0. The van der Waals surface area contributed by atoms with Gasteiger partial charge in [-0.15, -0.1) is 0 Å². The number of nitrogens with zero attached hydrogens (tertiary/aromatic N) is 2. The average molecular weight is 352 g/mol. The van der Waals surface area contributed by atoms with Crippen LogP contribution in [0.15, 0.2) is 65.5 Å². The van der Waals surface area contributed by atoms with Crippen molar-refractivity contribution in [1.82, 2.24) is 9.88 Å². The zero-order valence-electron chi connectivity index (χ0n) is 14.1. The second-order valence-corrected chi connectivity index (χ2v) is 6.32. The number of hydrogen-bond acceptors (Lipinski definition) is 4. The largest absolute Gasteiger partial charge is 0.493 e. The molecule has 4 nitrogen and oxygen atoms in total. The van der Waals surface area contributed by atoms with Crippen molar-refractivity contribution in [3.8, 4) is 5.75 Å². The van der Waals surface area contributed by atoms with E-state index in [1.54, 1.807) is 17.5 Å². The Kier molecular flexibility index (Phi) is 5.80. The summed E-state index contributed by atoms with van der Waals surface area (Å²) in [5.74, 6) is 0.562. The van der Waals surface area contributed by atoms with Gasteiger partial charge in [0.25, 0.3) is 5.91 Å². The number of amides is 1. The molecule has 0 fully saturated rings. The highest BCUT2D eigenvalue weighted by Crippen LogP contribution is 2.22. The molecule has 2 heterocycles. The fraction of sp³-hybridized carbons (Fsp3) is 0.200. The number of carbonyl (C=O) groups excluding carboxylic acids is 1. The number of pyridine rings is 1. The molecule has 0 radical (unpaired) electrons. The van der Waals surface area contributed by atoms with Gasteiger partial charge in [-0.3, -0.25) is 9.78 Å². The van der Waals surface area contributed by atoms with Crippen molar-refractivity contribution in [3.05, 3.63) is 82.3 Å². The van der Waals surface area contributed by atoms with Crippen LogP contribution in [0.3, 0.4) is 0 Å². The summed E-state index contributed by atoms with van der Waals surface area (Å²) < 4.78 is 5.63. The maximum Gasteiger partial charge on any atom is 0.258 e. The van der Waals surface area contributed by atoms with Crippen LogP contribution in [-0.2, 0) is 13.1 Å². The Morgan fingerprint density at radius 3 is 2.68 bits per heavy atom. The molecular weight excluding hydrogens is 332 g/mol. The van der Waals surface area contributed by atoms with E-state index in [2.05, 4.69) is 10.4 Å². The van der Waals surface area contributed by atoms with Crippen LogP contribution in [0.1, 0.15) is 28.5 Å². The lowest BCUT2D eigenvalue weighted by molar-refractivity contribution is 0.0724. The van der Waals surface area contributed by atoms with Gasteiger partial charge in [0.15, 0.2) is 0 Å². The van der Waals surface area contributed by atoms with E-state index in [0.717, 1.165) is 11.3 Å². The highest BCUT2D eigenvalue weighted by Gasteiger charge is 2.20. The summed E-state index contributed by atoms with van der Waals surface area (Å²) in [7, 11) is 0. The minimum Gasteiger partial charge on any atom is -0.493 e. The first-order valence-corrected chi connectivity index (χ1v) is 9.14. The summed E-state index contributed by atoms with van der Waals surface area (Å²) in [5.41, 5.74) is 2.55. The van der Waals surface area contributed by atoms with Crippen LogP contribution < -0.4 is 4.74 Å². The molecule has 0 bridgehead atoms. The molecule has 0 aliphatic rings. The van der Waals surface area contributed by atoms with Crippen molar-refractivity contribution in [2.24, 2.45) is 0 Å². The van der Waals surface area contributed by atoms with Gasteiger partial charge in [0, 0.05) is 12.7 Å². The number of thiophene rings is 1. The van der Waals surface area contributed by atoms with Crippen molar-refractivity contribution < 1.29 is 9.53 Å². The van der Waals surface area contributed by atoms with E-state index >= 15 is 0 Å². The Hall–Kier alpha value is -2.66. The predicted octanol–water partition coefficient (Wildman–Crippen LogP) is 4.38. The second kappa shape index (κ2) is 8.44. The van der Waals surface area contributed by atoms with Crippen LogP contribution >= 0.6 is 11.3 Å². The van der Waals surface area contributed by atoms with Gasteiger partial charge in [-0.25, -0.2) is 0 Å². The molecule has 0 aliphatic heterocycles. The number of benzene rings is 1. The molecule has 0 aliphatic carbocycles. The molecule has 0 spiro atoms. The second-order valence-electron chi connectivity index (χ2n) is 5.54. The molecule has 2 aromatic heterocycles. The summed E-state index contributed by atoms with van der Waals surface area (Å²) in [6.07, 6.45) is 1.75. The highest BCUT2D eigenvalue weighted by atomic mass is 32.1. The van der Waals surface area contributed by atoms with E-state index in [1.807, 2.05) is 65.7 Å². The zero-order valence-corrected chi connectivity index (χ0v) is 14.9. The summed E-state index contributed by atoms with van der Waals surface area (Å²) >= 11 is 1.63. The van der Waals surface area contributed by atoms with Gasteiger partial charge in [-0.2, -0.15) is 11.3 Å². The fourth-order valence-corrected chi connectivity index (χ4v) is 3.24. The molecule has 3 aromatic rings. The number of para-hydroxylation sites is 1. The van der Waals surface area contributed by atoms with E-state index in [9.17, 15) is 4.79 Å². The number of ether oxygens (including phenoxy) is 1. The van der Waals surface area contributed by atoms with Gasteiger partial charge in [0.05, 0.1) is 24.4 Å². The molecule has 0 unspecified atom stereocenters. The zero-order chi connectivity index (χ0) is 17.5. The molecule has 0 N–H and O–H groups in total. The Morgan fingerprint density at radius 1 is 1.12 bits per heavy atom. The number of aromatic nitrogens is 1. The highest BCUT2D eigenvalue weighted by molar-refractivity contribution is 7.07. The molecule has 0 atom stereocenters. The quantitative estimate of drug-likeness (QED) is 0.633. The summed E-state index contributed by atoms with van der Waals surface area (Å²) in [4.78, 5) is 19.4. The normalized spacial score (nSPS) is 10.4. The van der Waals surface area contributed by atoms with Crippen LogP contribution in [0.4, 0.5) is 0 Å². The Labute approximate surface area is 151 Å². The predicted molar refractivity (Wildman–Crippen MR) is 99.7 cm³/mol. The van der Waals surface area contributed by atoms with Gasteiger partial charge in [0.2, 0.25) is 0 Å². The van der Waals surface area contributed by atoms with Gasteiger partial charge in [0.1, 0.15) is 5.75 Å². The molecule has 128 valence electrons. The van der Waals surface area contributed by atoms with Crippen LogP contribution in [-0.4, -0.2) is 22.4 Å². The molecule has 25 heavy (non-hydrogen) atoms. The van der Waals surface area contributed by atoms with Crippen LogP contribution in [0, 0.1) is 0 Å². The van der Waals surface area contributed by atoms with E-state index in [-0.39, 0.29) is 5.91 Å². The smallest absolute Gasteiger partial charge is 0.258 e. The SMILES string of the molecule is CCOc1ccccc1C(=O)N(Cc1ccsc1)Cc1ccccn1. The van der Waals surface area contributed by atoms with Crippen LogP contribution in [0.5, 0.6) is 5.75 Å². The Morgan fingerprint density at radius 2 is 1.96 bits per heavy atom. The van der Waals surface area contributed by atoms with Crippen molar-refractivity contribution in [1.29, 1.82) is 0 Å². The monoisotopic (exact) mass is 352 g/mol. The Balaban J connectivity index is 1.89. The molecule has 0 saturated heterocycles.